The number of sulfonamides is 1. The number of nitrogens with zero attached hydrogens (tertiary/aromatic N) is 2. The van der Waals surface area contributed by atoms with Gasteiger partial charge >= 0.3 is 0 Å². The molecule has 0 saturated heterocycles. The van der Waals surface area contributed by atoms with Crippen LogP contribution < -0.4 is 14.4 Å². The van der Waals surface area contributed by atoms with Crippen LogP contribution in [0.1, 0.15) is 36.1 Å². The Hall–Kier alpha value is -3.85. The highest BCUT2D eigenvalue weighted by molar-refractivity contribution is 7.92. The summed E-state index contributed by atoms with van der Waals surface area (Å²) in [6.45, 7) is 7.89. The summed E-state index contributed by atoms with van der Waals surface area (Å²) >= 11 is 0. The highest BCUT2D eigenvalue weighted by Gasteiger charge is 2.33. The SMILES string of the molecule is COc1ccc(C)cc1N(CC(=O)N(Cc1cccc(C)c1)C(Cc1ccccc1)C(=O)NCC(C)C)S(C)(=O)=O. The van der Waals surface area contributed by atoms with E-state index in [-0.39, 0.29) is 30.5 Å². The van der Waals surface area contributed by atoms with Crippen LogP contribution in [0.3, 0.4) is 0 Å². The maximum atomic E-state index is 14.2. The average Bonchev–Trinajstić information content (AvgIpc) is 2.92. The molecule has 1 atom stereocenters. The molecule has 41 heavy (non-hydrogen) atoms. The van der Waals surface area contributed by atoms with Gasteiger partial charge in [-0.25, -0.2) is 8.42 Å². The minimum absolute atomic E-state index is 0.135. The van der Waals surface area contributed by atoms with Gasteiger partial charge in [0.1, 0.15) is 18.3 Å². The van der Waals surface area contributed by atoms with Crippen LogP contribution in [0.5, 0.6) is 5.75 Å². The van der Waals surface area contributed by atoms with Gasteiger partial charge < -0.3 is 15.0 Å². The number of benzene rings is 3. The summed E-state index contributed by atoms with van der Waals surface area (Å²) in [5.74, 6) is -0.245. The third kappa shape index (κ3) is 9.08. The molecular formula is C32H41N3O5S. The zero-order chi connectivity index (χ0) is 30.2. The van der Waals surface area contributed by atoms with E-state index in [1.54, 1.807) is 12.1 Å². The van der Waals surface area contributed by atoms with E-state index in [4.69, 9.17) is 4.74 Å². The lowest BCUT2D eigenvalue weighted by molar-refractivity contribution is -0.140. The Balaban J connectivity index is 2.09. The number of methoxy groups -OCH3 is 1. The predicted molar refractivity (Wildman–Crippen MR) is 163 cm³/mol. The smallest absolute Gasteiger partial charge is 0.244 e. The second kappa shape index (κ2) is 14.2. The molecule has 0 radical (unpaired) electrons. The summed E-state index contributed by atoms with van der Waals surface area (Å²) in [5, 5.41) is 2.99. The first-order valence-corrected chi connectivity index (χ1v) is 15.5. The molecule has 3 aromatic carbocycles. The fourth-order valence-corrected chi connectivity index (χ4v) is 5.42. The topological polar surface area (TPSA) is 96.0 Å². The van der Waals surface area contributed by atoms with Crippen LogP contribution in [0.4, 0.5) is 5.69 Å². The molecule has 2 amide bonds. The van der Waals surface area contributed by atoms with Gasteiger partial charge in [0.2, 0.25) is 21.8 Å². The van der Waals surface area contributed by atoms with Crippen LogP contribution in [-0.2, 0) is 32.6 Å². The van der Waals surface area contributed by atoms with Gasteiger partial charge in [-0.1, -0.05) is 80.1 Å². The molecule has 0 aliphatic carbocycles. The maximum absolute atomic E-state index is 14.2. The van der Waals surface area contributed by atoms with Crippen molar-refractivity contribution in [3.8, 4) is 5.75 Å². The molecule has 1 N–H and O–H groups in total. The quantitative estimate of drug-likeness (QED) is 0.322. The zero-order valence-electron chi connectivity index (χ0n) is 24.8. The Morgan fingerprint density at radius 1 is 0.902 bits per heavy atom. The van der Waals surface area contributed by atoms with E-state index in [1.165, 1.54) is 12.0 Å². The van der Waals surface area contributed by atoms with Crippen molar-refractivity contribution in [1.82, 2.24) is 10.2 Å². The standard InChI is InChI=1S/C32H41N3O5S/c1-23(2)20-33-32(37)29(19-26-12-8-7-9-13-26)34(21-27-14-10-11-24(3)17-27)31(36)22-35(41(6,38)39)28-18-25(4)15-16-30(28)40-5/h7-18,23,29H,19-22H2,1-6H3,(H,33,37). The molecule has 1 unspecified atom stereocenters. The van der Waals surface area contributed by atoms with Crippen molar-refractivity contribution in [1.29, 1.82) is 0 Å². The van der Waals surface area contributed by atoms with Gasteiger partial charge in [0, 0.05) is 19.5 Å². The highest BCUT2D eigenvalue weighted by atomic mass is 32.2. The lowest BCUT2D eigenvalue weighted by Gasteiger charge is -2.34. The summed E-state index contributed by atoms with van der Waals surface area (Å²) < 4.78 is 32.6. The first-order valence-electron chi connectivity index (χ1n) is 13.7. The van der Waals surface area contributed by atoms with Crippen molar-refractivity contribution in [3.63, 3.8) is 0 Å². The van der Waals surface area contributed by atoms with E-state index in [0.717, 1.165) is 32.8 Å². The molecule has 0 heterocycles. The number of anilines is 1. The summed E-state index contributed by atoms with van der Waals surface area (Å²) in [7, 11) is -2.44. The first-order chi connectivity index (χ1) is 19.4. The second-order valence-corrected chi connectivity index (χ2v) is 12.7. The van der Waals surface area contributed by atoms with E-state index in [2.05, 4.69) is 5.32 Å². The molecule has 9 heteroatoms. The monoisotopic (exact) mass is 579 g/mol. The lowest BCUT2D eigenvalue weighted by atomic mass is 10.0. The van der Waals surface area contributed by atoms with Crippen molar-refractivity contribution in [2.45, 2.75) is 46.7 Å². The largest absolute Gasteiger partial charge is 0.495 e. The van der Waals surface area contributed by atoms with Crippen LogP contribution in [0.15, 0.2) is 72.8 Å². The molecule has 0 fully saturated rings. The van der Waals surface area contributed by atoms with E-state index >= 15 is 0 Å². The number of rotatable bonds is 13. The number of hydrogen-bond donors (Lipinski definition) is 1. The Morgan fingerprint density at radius 2 is 1.56 bits per heavy atom. The minimum Gasteiger partial charge on any atom is -0.495 e. The lowest BCUT2D eigenvalue weighted by Crippen LogP contribution is -2.53. The third-order valence-corrected chi connectivity index (χ3v) is 7.80. The van der Waals surface area contributed by atoms with E-state index < -0.39 is 28.5 Å². The van der Waals surface area contributed by atoms with Gasteiger partial charge in [-0.15, -0.1) is 0 Å². The Labute approximate surface area is 244 Å². The number of ether oxygens (including phenoxy) is 1. The van der Waals surface area contributed by atoms with Crippen molar-refractivity contribution in [2.24, 2.45) is 5.92 Å². The second-order valence-electron chi connectivity index (χ2n) is 10.8. The number of hydrogen-bond acceptors (Lipinski definition) is 5. The van der Waals surface area contributed by atoms with Crippen LogP contribution in [0.2, 0.25) is 0 Å². The molecule has 8 nitrogen and oxygen atoms in total. The van der Waals surface area contributed by atoms with E-state index in [0.29, 0.717) is 12.3 Å². The fourth-order valence-electron chi connectivity index (χ4n) is 4.57. The van der Waals surface area contributed by atoms with Gasteiger partial charge in [0.05, 0.1) is 19.1 Å². The minimum atomic E-state index is -3.90. The van der Waals surface area contributed by atoms with Gasteiger partial charge in [0.15, 0.2) is 0 Å². The molecule has 0 bridgehead atoms. The Bertz CT molecular complexity index is 1440. The van der Waals surface area contributed by atoms with Crippen molar-refractivity contribution >= 4 is 27.5 Å². The molecule has 3 aromatic rings. The summed E-state index contributed by atoms with van der Waals surface area (Å²) in [6.07, 6.45) is 1.33. The zero-order valence-corrected chi connectivity index (χ0v) is 25.6. The van der Waals surface area contributed by atoms with Gasteiger partial charge in [-0.05, 0) is 48.6 Å². The van der Waals surface area contributed by atoms with Crippen LogP contribution in [-0.4, -0.2) is 57.6 Å². The van der Waals surface area contributed by atoms with Gasteiger partial charge in [-0.3, -0.25) is 13.9 Å². The van der Waals surface area contributed by atoms with Crippen molar-refractivity contribution in [2.75, 3.05) is 30.8 Å². The number of carbonyl (C=O) groups excluding carboxylic acids is 2. The molecular weight excluding hydrogens is 538 g/mol. The molecule has 0 aliphatic heterocycles. The summed E-state index contributed by atoms with van der Waals surface area (Å²) in [6, 6.07) is 21.5. The number of nitrogens with one attached hydrogen (secondary N) is 1. The third-order valence-electron chi connectivity index (χ3n) is 6.67. The van der Waals surface area contributed by atoms with Crippen LogP contribution >= 0.6 is 0 Å². The molecule has 3 rings (SSSR count). The predicted octanol–water partition coefficient (Wildman–Crippen LogP) is 4.49. The molecule has 0 aromatic heterocycles. The van der Waals surface area contributed by atoms with Crippen LogP contribution in [0.25, 0.3) is 0 Å². The van der Waals surface area contributed by atoms with Crippen molar-refractivity contribution < 1.29 is 22.7 Å². The summed E-state index contributed by atoms with van der Waals surface area (Å²) in [4.78, 5) is 29.4. The van der Waals surface area contributed by atoms with E-state index in [9.17, 15) is 18.0 Å². The Kier molecular flexibility index (Phi) is 10.9. The van der Waals surface area contributed by atoms with Gasteiger partial charge in [-0.2, -0.15) is 0 Å². The summed E-state index contributed by atoms with van der Waals surface area (Å²) in [5.41, 5.74) is 3.82. The highest BCUT2D eigenvalue weighted by Crippen LogP contribution is 2.31. The molecule has 220 valence electrons. The van der Waals surface area contributed by atoms with Crippen LogP contribution in [0, 0.1) is 19.8 Å². The number of carbonyl (C=O) groups is 2. The molecule has 0 aliphatic rings. The molecule has 0 spiro atoms. The number of aryl methyl sites for hydroxylation is 2. The average molecular weight is 580 g/mol. The first kappa shape index (κ1) is 31.7. The van der Waals surface area contributed by atoms with E-state index in [1.807, 2.05) is 88.4 Å². The Morgan fingerprint density at radius 3 is 2.17 bits per heavy atom. The normalized spacial score (nSPS) is 12.1. The van der Waals surface area contributed by atoms with Gasteiger partial charge in [0.25, 0.3) is 0 Å². The fraction of sp³-hybridized carbons (Fsp3) is 0.375. The maximum Gasteiger partial charge on any atom is 0.244 e. The molecule has 0 saturated carbocycles. The van der Waals surface area contributed by atoms with Crippen molar-refractivity contribution in [3.05, 3.63) is 95.1 Å². The number of amides is 2.